The lowest BCUT2D eigenvalue weighted by atomic mass is 10.0. The minimum atomic E-state index is 0.203. The van der Waals surface area contributed by atoms with E-state index in [9.17, 15) is 0 Å². The van der Waals surface area contributed by atoms with Gasteiger partial charge >= 0.3 is 0 Å². The van der Waals surface area contributed by atoms with Gasteiger partial charge in [0.05, 0.1) is 11.7 Å². The Balaban J connectivity index is 2.37. The van der Waals surface area contributed by atoms with Crippen LogP contribution in [0.25, 0.3) is 0 Å². The average molecular weight is 273 g/mol. The monoisotopic (exact) mass is 273 g/mol. The summed E-state index contributed by atoms with van der Waals surface area (Å²) in [6.07, 6.45) is 0. The number of ether oxygens (including phenoxy) is 1. The maximum atomic E-state index is 6.08. The van der Waals surface area contributed by atoms with Gasteiger partial charge in [0.15, 0.2) is 0 Å². The Morgan fingerprint density at radius 3 is 2.50 bits per heavy atom. The SMILES string of the molecule is Cc1nn(C(C)C)c(Oc2cccc(C(C)C)c2)c1N. The third-order valence-corrected chi connectivity index (χ3v) is 3.31. The molecule has 0 saturated carbocycles. The molecule has 4 nitrogen and oxygen atoms in total. The van der Waals surface area contributed by atoms with Crippen molar-refractivity contribution in [2.75, 3.05) is 5.73 Å². The fourth-order valence-corrected chi connectivity index (χ4v) is 2.04. The van der Waals surface area contributed by atoms with Gasteiger partial charge in [-0.1, -0.05) is 26.0 Å². The Labute approximate surface area is 120 Å². The largest absolute Gasteiger partial charge is 0.437 e. The molecule has 0 amide bonds. The van der Waals surface area contributed by atoms with Gasteiger partial charge in [-0.25, -0.2) is 4.68 Å². The number of nitrogens with two attached hydrogens (primary N) is 1. The van der Waals surface area contributed by atoms with Crippen molar-refractivity contribution >= 4 is 5.69 Å². The second-order valence-corrected chi connectivity index (χ2v) is 5.67. The second kappa shape index (κ2) is 5.57. The van der Waals surface area contributed by atoms with E-state index in [1.54, 1.807) is 0 Å². The first-order chi connectivity index (χ1) is 9.40. The summed E-state index contributed by atoms with van der Waals surface area (Å²) in [5.41, 5.74) is 8.73. The summed E-state index contributed by atoms with van der Waals surface area (Å²) in [6, 6.07) is 8.31. The van der Waals surface area contributed by atoms with E-state index < -0.39 is 0 Å². The summed E-state index contributed by atoms with van der Waals surface area (Å²) in [6.45, 7) is 10.3. The van der Waals surface area contributed by atoms with E-state index in [1.807, 2.05) is 23.7 Å². The quantitative estimate of drug-likeness (QED) is 0.905. The minimum absolute atomic E-state index is 0.203. The molecule has 20 heavy (non-hydrogen) atoms. The zero-order chi connectivity index (χ0) is 14.9. The number of anilines is 1. The number of nitrogens with zero attached hydrogens (tertiary/aromatic N) is 2. The van der Waals surface area contributed by atoms with Gasteiger partial charge in [-0.3, -0.25) is 0 Å². The fourth-order valence-electron chi connectivity index (χ4n) is 2.04. The molecule has 0 atom stereocenters. The lowest BCUT2D eigenvalue weighted by molar-refractivity contribution is 0.389. The van der Waals surface area contributed by atoms with Crippen LogP contribution in [0.15, 0.2) is 24.3 Å². The van der Waals surface area contributed by atoms with Gasteiger partial charge in [0.25, 0.3) is 0 Å². The van der Waals surface area contributed by atoms with E-state index in [0.717, 1.165) is 11.4 Å². The Hall–Kier alpha value is -1.97. The van der Waals surface area contributed by atoms with Crippen molar-refractivity contribution in [3.63, 3.8) is 0 Å². The van der Waals surface area contributed by atoms with Gasteiger partial charge in [-0.15, -0.1) is 0 Å². The predicted octanol–water partition coefficient (Wildman–Crippen LogP) is 4.27. The molecule has 2 rings (SSSR count). The summed E-state index contributed by atoms with van der Waals surface area (Å²) in [5, 5.41) is 4.43. The molecule has 1 aromatic carbocycles. The van der Waals surface area contributed by atoms with Crippen molar-refractivity contribution in [1.82, 2.24) is 9.78 Å². The van der Waals surface area contributed by atoms with Crippen LogP contribution in [0.4, 0.5) is 5.69 Å². The van der Waals surface area contributed by atoms with Gasteiger partial charge < -0.3 is 10.5 Å². The van der Waals surface area contributed by atoms with Gasteiger partial charge in [0, 0.05) is 0 Å². The molecule has 0 bridgehead atoms. The molecule has 0 aliphatic heterocycles. The van der Waals surface area contributed by atoms with Crippen LogP contribution in [0, 0.1) is 6.92 Å². The molecule has 0 fully saturated rings. The predicted molar refractivity (Wildman–Crippen MR) is 82.4 cm³/mol. The zero-order valence-corrected chi connectivity index (χ0v) is 12.8. The number of aryl methyl sites for hydroxylation is 1. The van der Waals surface area contributed by atoms with E-state index in [1.165, 1.54) is 5.56 Å². The molecule has 0 saturated heterocycles. The molecule has 0 aliphatic rings. The average Bonchev–Trinajstić information content (AvgIpc) is 2.67. The van der Waals surface area contributed by atoms with Crippen molar-refractivity contribution in [2.24, 2.45) is 0 Å². The van der Waals surface area contributed by atoms with Crippen LogP contribution in [0.2, 0.25) is 0 Å². The zero-order valence-electron chi connectivity index (χ0n) is 12.8. The van der Waals surface area contributed by atoms with E-state index in [-0.39, 0.29) is 6.04 Å². The maximum absolute atomic E-state index is 6.08. The molecular weight excluding hydrogens is 250 g/mol. The molecule has 0 aliphatic carbocycles. The summed E-state index contributed by atoms with van der Waals surface area (Å²) in [7, 11) is 0. The number of hydrogen-bond donors (Lipinski definition) is 1. The highest BCUT2D eigenvalue weighted by molar-refractivity contribution is 5.54. The number of nitrogen functional groups attached to an aromatic ring is 1. The Morgan fingerprint density at radius 1 is 1.20 bits per heavy atom. The highest BCUT2D eigenvalue weighted by Crippen LogP contribution is 2.33. The highest BCUT2D eigenvalue weighted by atomic mass is 16.5. The van der Waals surface area contributed by atoms with E-state index in [4.69, 9.17) is 10.5 Å². The molecule has 4 heteroatoms. The third kappa shape index (κ3) is 2.79. The number of aromatic nitrogens is 2. The molecule has 2 aromatic rings. The first kappa shape index (κ1) is 14.4. The Kier molecular flexibility index (Phi) is 4.02. The van der Waals surface area contributed by atoms with E-state index in [0.29, 0.717) is 17.5 Å². The summed E-state index contributed by atoms with van der Waals surface area (Å²) in [4.78, 5) is 0. The molecule has 2 N–H and O–H groups in total. The molecule has 0 radical (unpaired) electrons. The molecule has 0 spiro atoms. The summed E-state index contributed by atoms with van der Waals surface area (Å²) in [5.74, 6) is 1.88. The van der Waals surface area contributed by atoms with Crippen LogP contribution in [0.1, 0.15) is 50.9 Å². The molecule has 1 aromatic heterocycles. The smallest absolute Gasteiger partial charge is 0.241 e. The van der Waals surface area contributed by atoms with Crippen LogP contribution < -0.4 is 10.5 Å². The Morgan fingerprint density at radius 2 is 1.90 bits per heavy atom. The van der Waals surface area contributed by atoms with Crippen molar-refractivity contribution in [2.45, 2.75) is 46.6 Å². The van der Waals surface area contributed by atoms with Gasteiger partial charge in [-0.2, -0.15) is 5.10 Å². The number of rotatable bonds is 4. The summed E-state index contributed by atoms with van der Waals surface area (Å²) >= 11 is 0. The van der Waals surface area contributed by atoms with Crippen molar-refractivity contribution in [1.29, 1.82) is 0 Å². The topological polar surface area (TPSA) is 53.1 Å². The first-order valence-electron chi connectivity index (χ1n) is 7.02. The van der Waals surface area contributed by atoms with Crippen LogP contribution in [0.3, 0.4) is 0 Å². The fraction of sp³-hybridized carbons (Fsp3) is 0.438. The lowest BCUT2D eigenvalue weighted by Crippen LogP contribution is -2.05. The molecular formula is C16H23N3O. The second-order valence-electron chi connectivity index (χ2n) is 5.67. The van der Waals surface area contributed by atoms with Crippen LogP contribution >= 0.6 is 0 Å². The number of benzene rings is 1. The first-order valence-corrected chi connectivity index (χ1v) is 7.02. The number of hydrogen-bond acceptors (Lipinski definition) is 3. The van der Waals surface area contributed by atoms with E-state index >= 15 is 0 Å². The molecule has 108 valence electrons. The van der Waals surface area contributed by atoms with Crippen molar-refractivity contribution in [3.8, 4) is 11.6 Å². The summed E-state index contributed by atoms with van der Waals surface area (Å²) < 4.78 is 7.81. The van der Waals surface area contributed by atoms with Crippen LogP contribution in [-0.4, -0.2) is 9.78 Å². The highest BCUT2D eigenvalue weighted by Gasteiger charge is 2.17. The van der Waals surface area contributed by atoms with Crippen molar-refractivity contribution in [3.05, 3.63) is 35.5 Å². The Bertz CT molecular complexity index is 600. The van der Waals surface area contributed by atoms with Crippen LogP contribution in [-0.2, 0) is 0 Å². The van der Waals surface area contributed by atoms with Gasteiger partial charge in [-0.05, 0) is 44.4 Å². The third-order valence-electron chi connectivity index (χ3n) is 3.31. The molecule has 0 unspecified atom stereocenters. The maximum Gasteiger partial charge on any atom is 0.241 e. The lowest BCUT2D eigenvalue weighted by Gasteiger charge is -2.13. The van der Waals surface area contributed by atoms with Gasteiger partial charge in [0.2, 0.25) is 5.88 Å². The molecule has 1 heterocycles. The van der Waals surface area contributed by atoms with Crippen LogP contribution in [0.5, 0.6) is 11.6 Å². The minimum Gasteiger partial charge on any atom is -0.437 e. The van der Waals surface area contributed by atoms with Gasteiger partial charge in [0.1, 0.15) is 11.4 Å². The van der Waals surface area contributed by atoms with Crippen molar-refractivity contribution < 1.29 is 4.74 Å². The van der Waals surface area contributed by atoms with E-state index in [2.05, 4.69) is 44.9 Å². The normalized spacial score (nSPS) is 11.3. The standard InChI is InChI=1S/C16H23N3O/c1-10(2)13-7-6-8-14(9-13)20-16-15(17)12(5)18-19(16)11(3)4/h6-11H,17H2,1-5H3.